The fraction of sp³-hybridized carbons (Fsp3) is 0.381. The number of carbonyl (C=O) groups is 1. The van der Waals surface area contributed by atoms with Gasteiger partial charge in [-0.3, -0.25) is 9.69 Å². The zero-order valence-corrected chi connectivity index (χ0v) is 14.8. The van der Waals surface area contributed by atoms with E-state index in [1.165, 1.54) is 16.7 Å². The second-order valence-electron chi connectivity index (χ2n) is 6.99. The number of hydrogen-bond acceptors (Lipinski definition) is 2. The molecule has 1 N–H and O–H groups in total. The lowest BCUT2D eigenvalue weighted by Gasteiger charge is -2.24. The molecule has 0 saturated carbocycles. The second kappa shape index (κ2) is 7.18. The standard InChI is InChI=1S/C21H26N2O/c1-15(2)16-8-11-18(12-9-16)22-21(24)14-23(3)20-13-10-17-6-4-5-7-19(17)20/h4-9,11-12,15,20H,10,13-14H2,1-3H3,(H,22,24)/t20-/m0/s1. The van der Waals surface area contributed by atoms with Crippen LogP contribution in [0.2, 0.25) is 0 Å². The van der Waals surface area contributed by atoms with Crippen LogP contribution < -0.4 is 5.32 Å². The number of anilines is 1. The second-order valence-corrected chi connectivity index (χ2v) is 6.99. The Morgan fingerprint density at radius 2 is 1.88 bits per heavy atom. The molecule has 0 saturated heterocycles. The molecular formula is C21H26N2O. The van der Waals surface area contributed by atoms with E-state index < -0.39 is 0 Å². The molecule has 0 heterocycles. The minimum absolute atomic E-state index is 0.0409. The summed E-state index contributed by atoms with van der Waals surface area (Å²) in [6.45, 7) is 4.74. The van der Waals surface area contributed by atoms with Crippen LogP contribution in [0, 0.1) is 0 Å². The van der Waals surface area contributed by atoms with Gasteiger partial charge in [-0.25, -0.2) is 0 Å². The third-order valence-electron chi connectivity index (χ3n) is 4.89. The van der Waals surface area contributed by atoms with E-state index in [-0.39, 0.29) is 5.91 Å². The average Bonchev–Trinajstić information content (AvgIpc) is 2.99. The van der Waals surface area contributed by atoms with Gasteiger partial charge >= 0.3 is 0 Å². The SMILES string of the molecule is CC(C)c1ccc(NC(=O)CN(C)[C@H]2CCc3ccccc32)cc1. The van der Waals surface area contributed by atoms with E-state index in [0.717, 1.165) is 18.5 Å². The van der Waals surface area contributed by atoms with Crippen LogP contribution in [0.1, 0.15) is 48.9 Å². The number of likely N-dealkylation sites (N-methyl/N-ethyl adjacent to an activating group) is 1. The normalized spacial score (nSPS) is 16.5. The van der Waals surface area contributed by atoms with Gasteiger partial charge in [0, 0.05) is 11.7 Å². The first-order valence-corrected chi connectivity index (χ1v) is 8.72. The number of aryl methyl sites for hydroxylation is 1. The lowest BCUT2D eigenvalue weighted by molar-refractivity contribution is -0.117. The van der Waals surface area contributed by atoms with Crippen LogP contribution in [-0.2, 0) is 11.2 Å². The van der Waals surface area contributed by atoms with E-state index in [4.69, 9.17) is 0 Å². The molecule has 3 rings (SSSR count). The van der Waals surface area contributed by atoms with Crippen LogP contribution in [-0.4, -0.2) is 24.4 Å². The summed E-state index contributed by atoms with van der Waals surface area (Å²) in [5, 5.41) is 3.01. The van der Waals surface area contributed by atoms with Gasteiger partial charge in [0.05, 0.1) is 6.54 Å². The van der Waals surface area contributed by atoms with Gasteiger partial charge in [-0.05, 0) is 54.6 Å². The summed E-state index contributed by atoms with van der Waals surface area (Å²) >= 11 is 0. The van der Waals surface area contributed by atoms with Gasteiger partial charge in [-0.1, -0.05) is 50.2 Å². The molecule has 2 aromatic carbocycles. The quantitative estimate of drug-likeness (QED) is 0.886. The third-order valence-corrected chi connectivity index (χ3v) is 4.89. The predicted octanol–water partition coefficient (Wildman–Crippen LogP) is 4.37. The number of benzene rings is 2. The number of amides is 1. The largest absolute Gasteiger partial charge is 0.325 e. The molecule has 0 spiro atoms. The molecular weight excluding hydrogens is 296 g/mol. The van der Waals surface area contributed by atoms with E-state index in [0.29, 0.717) is 18.5 Å². The summed E-state index contributed by atoms with van der Waals surface area (Å²) < 4.78 is 0. The lowest BCUT2D eigenvalue weighted by atomic mass is 10.0. The Morgan fingerprint density at radius 1 is 1.17 bits per heavy atom. The van der Waals surface area contributed by atoms with Crippen LogP contribution in [0.15, 0.2) is 48.5 Å². The number of nitrogens with zero attached hydrogens (tertiary/aromatic N) is 1. The Hall–Kier alpha value is -2.13. The maximum atomic E-state index is 12.4. The summed E-state index contributed by atoms with van der Waals surface area (Å²) in [5.74, 6) is 0.544. The Bertz CT molecular complexity index is 706. The van der Waals surface area contributed by atoms with Gasteiger partial charge < -0.3 is 5.32 Å². The predicted molar refractivity (Wildman–Crippen MR) is 99.3 cm³/mol. The maximum absolute atomic E-state index is 12.4. The molecule has 2 aromatic rings. The van der Waals surface area contributed by atoms with E-state index in [9.17, 15) is 4.79 Å². The molecule has 0 aromatic heterocycles. The topological polar surface area (TPSA) is 32.3 Å². The zero-order chi connectivity index (χ0) is 17.1. The van der Waals surface area contributed by atoms with E-state index in [2.05, 4.69) is 60.5 Å². The summed E-state index contributed by atoms with van der Waals surface area (Å²) in [6.07, 6.45) is 2.19. The van der Waals surface area contributed by atoms with Crippen molar-refractivity contribution >= 4 is 11.6 Å². The highest BCUT2D eigenvalue weighted by atomic mass is 16.2. The number of rotatable bonds is 5. The number of hydrogen-bond donors (Lipinski definition) is 1. The van der Waals surface area contributed by atoms with Crippen LogP contribution in [0.25, 0.3) is 0 Å². The van der Waals surface area contributed by atoms with Crippen molar-refractivity contribution in [2.24, 2.45) is 0 Å². The summed E-state index contributed by atoms with van der Waals surface area (Å²) in [7, 11) is 2.04. The molecule has 1 atom stereocenters. The highest BCUT2D eigenvalue weighted by molar-refractivity contribution is 5.92. The fourth-order valence-electron chi connectivity index (χ4n) is 3.48. The molecule has 0 radical (unpaired) electrons. The number of fused-ring (bicyclic) bond motifs is 1. The molecule has 0 aliphatic heterocycles. The minimum Gasteiger partial charge on any atom is -0.325 e. The molecule has 1 amide bonds. The summed E-state index contributed by atoms with van der Waals surface area (Å²) in [6, 6.07) is 17.0. The Labute approximate surface area is 144 Å². The van der Waals surface area contributed by atoms with Crippen molar-refractivity contribution in [2.45, 2.75) is 38.6 Å². The zero-order valence-electron chi connectivity index (χ0n) is 14.8. The van der Waals surface area contributed by atoms with E-state index >= 15 is 0 Å². The van der Waals surface area contributed by atoms with Crippen molar-refractivity contribution < 1.29 is 4.79 Å². The van der Waals surface area contributed by atoms with Crippen molar-refractivity contribution in [2.75, 3.05) is 18.9 Å². The van der Waals surface area contributed by atoms with E-state index in [1.54, 1.807) is 0 Å². The minimum atomic E-state index is 0.0409. The van der Waals surface area contributed by atoms with Crippen molar-refractivity contribution in [1.29, 1.82) is 0 Å². The first-order chi connectivity index (χ1) is 11.5. The van der Waals surface area contributed by atoms with Gasteiger partial charge in [0.2, 0.25) is 5.91 Å². The Kier molecular flexibility index (Phi) is 5.00. The van der Waals surface area contributed by atoms with Crippen LogP contribution >= 0.6 is 0 Å². The van der Waals surface area contributed by atoms with Crippen molar-refractivity contribution in [3.8, 4) is 0 Å². The average molecular weight is 322 g/mol. The molecule has 3 heteroatoms. The highest BCUT2D eigenvalue weighted by Crippen LogP contribution is 2.34. The molecule has 24 heavy (non-hydrogen) atoms. The summed E-state index contributed by atoms with van der Waals surface area (Å²) in [5.41, 5.74) is 4.94. The van der Waals surface area contributed by atoms with Gasteiger partial charge in [0.15, 0.2) is 0 Å². The van der Waals surface area contributed by atoms with Crippen molar-refractivity contribution in [3.63, 3.8) is 0 Å². The monoisotopic (exact) mass is 322 g/mol. The molecule has 126 valence electrons. The fourth-order valence-corrected chi connectivity index (χ4v) is 3.48. The van der Waals surface area contributed by atoms with Gasteiger partial charge in [0.1, 0.15) is 0 Å². The maximum Gasteiger partial charge on any atom is 0.238 e. The van der Waals surface area contributed by atoms with Crippen LogP contribution in [0.5, 0.6) is 0 Å². The molecule has 1 aliphatic rings. The first kappa shape index (κ1) is 16.7. The van der Waals surface area contributed by atoms with Crippen LogP contribution in [0.3, 0.4) is 0 Å². The number of nitrogens with one attached hydrogen (secondary N) is 1. The molecule has 3 nitrogen and oxygen atoms in total. The Balaban J connectivity index is 1.59. The van der Waals surface area contributed by atoms with Gasteiger partial charge in [-0.2, -0.15) is 0 Å². The molecule has 0 fully saturated rings. The third kappa shape index (κ3) is 3.68. The van der Waals surface area contributed by atoms with Crippen LogP contribution in [0.4, 0.5) is 5.69 Å². The van der Waals surface area contributed by atoms with Gasteiger partial charge in [-0.15, -0.1) is 0 Å². The molecule has 0 unspecified atom stereocenters. The van der Waals surface area contributed by atoms with Crippen molar-refractivity contribution in [1.82, 2.24) is 4.90 Å². The Morgan fingerprint density at radius 3 is 2.58 bits per heavy atom. The number of carbonyl (C=O) groups excluding carboxylic acids is 1. The van der Waals surface area contributed by atoms with Crippen molar-refractivity contribution in [3.05, 3.63) is 65.2 Å². The first-order valence-electron chi connectivity index (χ1n) is 8.72. The molecule has 0 bridgehead atoms. The van der Waals surface area contributed by atoms with Gasteiger partial charge in [0.25, 0.3) is 0 Å². The van der Waals surface area contributed by atoms with E-state index in [1.807, 2.05) is 19.2 Å². The smallest absolute Gasteiger partial charge is 0.238 e. The summed E-state index contributed by atoms with van der Waals surface area (Å²) in [4.78, 5) is 14.5. The molecule has 1 aliphatic carbocycles. The highest BCUT2D eigenvalue weighted by Gasteiger charge is 2.26. The lowest BCUT2D eigenvalue weighted by Crippen LogP contribution is -2.32.